The quantitative estimate of drug-likeness (QED) is 0.777. The van der Waals surface area contributed by atoms with Gasteiger partial charge in [0.05, 0.1) is 17.5 Å². The molecule has 0 bridgehead atoms. The molecule has 0 fully saturated rings. The maximum atomic E-state index is 13.1. The molecule has 2 heterocycles. The number of hydrogen-bond donors (Lipinski definition) is 2. The third-order valence-corrected chi connectivity index (χ3v) is 3.75. The molecule has 3 aromatic rings. The lowest BCUT2D eigenvalue weighted by atomic mass is 10.2. The number of aryl methyl sites for hydroxylation is 1. The van der Waals surface area contributed by atoms with E-state index in [1.165, 1.54) is 12.1 Å². The topological polar surface area (TPSA) is 70.4 Å². The fourth-order valence-corrected chi connectivity index (χ4v) is 2.71. The van der Waals surface area contributed by atoms with Gasteiger partial charge in [-0.25, -0.2) is 9.37 Å². The summed E-state index contributed by atoms with van der Waals surface area (Å²) in [7, 11) is 0. The van der Waals surface area contributed by atoms with Crippen molar-refractivity contribution in [3.05, 3.63) is 34.3 Å². The highest BCUT2D eigenvalue weighted by molar-refractivity contribution is 9.10. The highest BCUT2D eigenvalue weighted by atomic mass is 79.9. The van der Waals surface area contributed by atoms with Crippen LogP contribution in [-0.4, -0.2) is 25.4 Å². The zero-order valence-electron chi connectivity index (χ0n) is 9.65. The van der Waals surface area contributed by atoms with Crippen molar-refractivity contribution in [2.75, 3.05) is 0 Å². The van der Waals surface area contributed by atoms with Gasteiger partial charge in [0.1, 0.15) is 10.4 Å². The normalized spacial score (nSPS) is 11.5. The first-order valence-electron chi connectivity index (χ1n) is 5.62. The van der Waals surface area contributed by atoms with Crippen LogP contribution >= 0.6 is 15.9 Å². The van der Waals surface area contributed by atoms with Gasteiger partial charge in [0, 0.05) is 18.2 Å². The molecule has 0 aliphatic carbocycles. The van der Waals surface area contributed by atoms with E-state index in [1.807, 2.05) is 0 Å². The van der Waals surface area contributed by atoms with Crippen LogP contribution in [-0.2, 0) is 11.2 Å². The van der Waals surface area contributed by atoms with Crippen LogP contribution in [0.3, 0.4) is 0 Å². The Bertz CT molecular complexity index is 793. The summed E-state index contributed by atoms with van der Waals surface area (Å²) in [5.74, 6) is -0.630. The lowest BCUT2D eigenvalue weighted by Gasteiger charge is -1.97. The minimum absolute atomic E-state index is 0.0365. The third kappa shape index (κ3) is 1.99. The van der Waals surface area contributed by atoms with Gasteiger partial charge in [-0.15, -0.1) is 0 Å². The van der Waals surface area contributed by atoms with Crippen LogP contribution in [0.15, 0.2) is 22.8 Å². The van der Waals surface area contributed by atoms with Gasteiger partial charge in [0.25, 0.3) is 0 Å². The number of aromatic nitrogens is 3. The summed E-state index contributed by atoms with van der Waals surface area (Å²) in [5, 5.41) is 8.70. The number of H-pyrrole nitrogens is 1. The molecule has 0 saturated carbocycles. The summed E-state index contributed by atoms with van der Waals surface area (Å²) in [6, 6.07) is 4.37. The van der Waals surface area contributed by atoms with Gasteiger partial charge in [0.2, 0.25) is 5.78 Å². The molecule has 0 radical (unpaired) electrons. The predicted molar refractivity (Wildman–Crippen MR) is 70.7 cm³/mol. The zero-order chi connectivity index (χ0) is 13.6. The summed E-state index contributed by atoms with van der Waals surface area (Å²) in [6.45, 7) is 0. The molecule has 1 aromatic carbocycles. The summed E-state index contributed by atoms with van der Waals surface area (Å²) in [6.07, 6.45) is 0.413. The highest BCUT2D eigenvalue weighted by Gasteiger charge is 2.15. The van der Waals surface area contributed by atoms with Crippen LogP contribution in [0.5, 0.6) is 0 Å². The van der Waals surface area contributed by atoms with Crippen LogP contribution < -0.4 is 0 Å². The number of carbonyl (C=O) groups is 1. The van der Waals surface area contributed by atoms with Gasteiger partial charge < -0.3 is 10.1 Å². The monoisotopic (exact) mass is 325 g/mol. The fraction of sp³-hybridized carbons (Fsp3) is 0.167. The molecule has 0 aliphatic rings. The molecule has 98 valence electrons. The van der Waals surface area contributed by atoms with Gasteiger partial charge in [0.15, 0.2) is 0 Å². The van der Waals surface area contributed by atoms with Crippen LogP contribution in [0.25, 0.3) is 16.8 Å². The maximum absolute atomic E-state index is 13.1. The van der Waals surface area contributed by atoms with Gasteiger partial charge in [-0.1, -0.05) is 0 Å². The number of aliphatic carboxylic acids is 1. The van der Waals surface area contributed by atoms with Gasteiger partial charge in [-0.05, 0) is 28.1 Å². The number of aromatic amines is 1. The summed E-state index contributed by atoms with van der Waals surface area (Å²) >= 11 is 3.43. The Morgan fingerprint density at radius 2 is 2.32 bits per heavy atom. The fourth-order valence-electron chi connectivity index (χ4n) is 2.06. The smallest absolute Gasteiger partial charge is 0.303 e. The van der Waals surface area contributed by atoms with E-state index in [2.05, 4.69) is 25.9 Å². The largest absolute Gasteiger partial charge is 0.481 e. The van der Waals surface area contributed by atoms with Crippen molar-refractivity contribution in [2.45, 2.75) is 12.8 Å². The van der Waals surface area contributed by atoms with E-state index in [9.17, 15) is 9.18 Å². The molecule has 2 N–H and O–H groups in total. The molecule has 0 spiro atoms. The lowest BCUT2D eigenvalue weighted by molar-refractivity contribution is -0.136. The first-order chi connectivity index (χ1) is 9.06. The number of fused-ring (bicyclic) bond motifs is 3. The number of halogens is 2. The molecule has 2 aromatic heterocycles. The van der Waals surface area contributed by atoms with Crippen LogP contribution in [0.1, 0.15) is 12.1 Å². The molecule has 0 amide bonds. The number of nitrogens with zero attached hydrogens (tertiary/aromatic N) is 2. The van der Waals surface area contributed by atoms with Crippen molar-refractivity contribution in [3.8, 4) is 0 Å². The minimum Gasteiger partial charge on any atom is -0.481 e. The van der Waals surface area contributed by atoms with Gasteiger partial charge in [-0.3, -0.25) is 9.20 Å². The van der Waals surface area contributed by atoms with Gasteiger partial charge >= 0.3 is 5.97 Å². The predicted octanol–water partition coefficient (Wildman–Crippen LogP) is 2.73. The highest BCUT2D eigenvalue weighted by Crippen LogP contribution is 2.26. The molecular formula is C12H9BrFN3O2. The zero-order valence-corrected chi connectivity index (χ0v) is 11.2. The van der Waals surface area contributed by atoms with E-state index in [1.54, 1.807) is 10.5 Å². The average molecular weight is 326 g/mol. The van der Waals surface area contributed by atoms with Crippen LogP contribution in [0.4, 0.5) is 4.39 Å². The second kappa shape index (κ2) is 4.34. The Balaban J connectivity index is 2.14. The van der Waals surface area contributed by atoms with E-state index in [-0.39, 0.29) is 12.2 Å². The molecule has 7 heteroatoms. The maximum Gasteiger partial charge on any atom is 0.303 e. The number of carboxylic acids is 1. The van der Waals surface area contributed by atoms with Gasteiger partial charge in [-0.2, -0.15) is 0 Å². The van der Waals surface area contributed by atoms with E-state index in [0.717, 1.165) is 15.8 Å². The van der Waals surface area contributed by atoms with E-state index in [4.69, 9.17) is 5.11 Å². The molecule has 0 unspecified atom stereocenters. The summed E-state index contributed by atoms with van der Waals surface area (Å²) in [4.78, 5) is 17.9. The van der Waals surface area contributed by atoms with Crippen LogP contribution in [0, 0.1) is 5.82 Å². The van der Waals surface area contributed by atoms with E-state index >= 15 is 0 Å². The first kappa shape index (κ1) is 12.2. The lowest BCUT2D eigenvalue weighted by Crippen LogP contribution is -1.98. The van der Waals surface area contributed by atoms with E-state index < -0.39 is 5.97 Å². The number of benzene rings is 1. The standard InChI is InChI=1S/C12H9BrFN3O2/c13-11-7(2-4-10(18)19)15-12-16-8-5-6(14)1-3-9(8)17(11)12/h1,3,5H,2,4H2,(H,15,16)(H,18,19). The Morgan fingerprint density at radius 1 is 1.53 bits per heavy atom. The molecule has 3 rings (SSSR count). The number of carboxylic acid groups (broad SMARTS) is 1. The second-order valence-electron chi connectivity index (χ2n) is 4.19. The Hall–Kier alpha value is -1.89. The summed E-state index contributed by atoms with van der Waals surface area (Å²) < 4.78 is 15.6. The molecule has 5 nitrogen and oxygen atoms in total. The molecule has 0 saturated heterocycles. The van der Waals surface area contributed by atoms with Crippen molar-refractivity contribution in [1.29, 1.82) is 0 Å². The van der Waals surface area contributed by atoms with Crippen molar-refractivity contribution in [1.82, 2.24) is 14.4 Å². The number of nitrogens with one attached hydrogen (secondary N) is 1. The van der Waals surface area contributed by atoms with Crippen molar-refractivity contribution >= 4 is 38.7 Å². The van der Waals surface area contributed by atoms with Crippen molar-refractivity contribution < 1.29 is 14.3 Å². The molecular weight excluding hydrogens is 317 g/mol. The molecule has 19 heavy (non-hydrogen) atoms. The number of rotatable bonds is 3. The SMILES string of the molecule is O=C(O)CCc1[nH]c2nc3cc(F)ccc3n2c1Br. The van der Waals surface area contributed by atoms with E-state index in [0.29, 0.717) is 17.7 Å². The Morgan fingerprint density at radius 3 is 3.05 bits per heavy atom. The first-order valence-corrected chi connectivity index (χ1v) is 6.41. The molecule has 0 atom stereocenters. The number of imidazole rings is 2. The summed E-state index contributed by atoms with van der Waals surface area (Å²) in [5.41, 5.74) is 2.08. The third-order valence-electron chi connectivity index (χ3n) is 2.91. The number of hydrogen-bond acceptors (Lipinski definition) is 2. The Labute approximate surface area is 115 Å². The molecule has 0 aliphatic heterocycles. The van der Waals surface area contributed by atoms with Crippen LogP contribution in [0.2, 0.25) is 0 Å². The minimum atomic E-state index is -0.855. The van der Waals surface area contributed by atoms with Crippen molar-refractivity contribution in [2.24, 2.45) is 0 Å². The van der Waals surface area contributed by atoms with Crippen molar-refractivity contribution in [3.63, 3.8) is 0 Å². The average Bonchev–Trinajstić information content (AvgIpc) is 2.83. The Kier molecular flexibility index (Phi) is 2.78. The second-order valence-corrected chi connectivity index (χ2v) is 4.94.